The number of aliphatic imine (C=N–C) groups is 1. The average Bonchev–Trinajstić information content (AvgIpc) is 3.38. The summed E-state index contributed by atoms with van der Waals surface area (Å²) in [5.74, 6) is 0.0278. The highest BCUT2D eigenvalue weighted by Gasteiger charge is 2.40. The molecule has 8 heteroatoms. The van der Waals surface area contributed by atoms with Crippen LogP contribution in [0, 0.1) is 0 Å². The van der Waals surface area contributed by atoms with Crippen LogP contribution in [-0.2, 0) is 4.79 Å². The van der Waals surface area contributed by atoms with E-state index < -0.39 is 0 Å². The second-order valence-corrected chi connectivity index (χ2v) is 10.1. The van der Waals surface area contributed by atoms with Crippen LogP contribution in [0.1, 0.15) is 13.8 Å². The van der Waals surface area contributed by atoms with Gasteiger partial charge in [-0.2, -0.15) is 0 Å². The van der Waals surface area contributed by atoms with Crippen LogP contribution in [0.2, 0.25) is 0 Å². The van der Waals surface area contributed by atoms with Gasteiger partial charge in [0, 0.05) is 30.7 Å². The van der Waals surface area contributed by atoms with E-state index in [0.717, 1.165) is 40.1 Å². The molecule has 0 aromatic heterocycles. The molecule has 0 saturated carbocycles. The molecule has 1 N–H and O–H groups in total. The average molecular weight is 503 g/mol. The molecule has 35 heavy (non-hydrogen) atoms. The highest BCUT2D eigenvalue weighted by atomic mass is 32.2. The Labute approximate surface area is 214 Å². The van der Waals surface area contributed by atoms with Gasteiger partial charge in [-0.1, -0.05) is 23.9 Å². The molecule has 6 nitrogen and oxygen atoms in total. The molecule has 0 aliphatic carbocycles. The third kappa shape index (κ3) is 4.39. The summed E-state index contributed by atoms with van der Waals surface area (Å²) in [4.78, 5) is 26.4. The number of rotatable bonds is 5. The summed E-state index contributed by atoms with van der Waals surface area (Å²) < 4.78 is 0. The SMILES string of the molecule is CCN(CC)c1ccc(N=C2S/C(=C3\Sc4ccccc4N3C)C(=O)N2c2ccc(O)cc2)cc1. The first-order chi connectivity index (χ1) is 17.0. The topological polar surface area (TPSA) is 59.4 Å². The molecule has 0 spiro atoms. The molecule has 0 radical (unpaired) electrons. The first-order valence-electron chi connectivity index (χ1n) is 11.5. The number of phenolic OH excluding ortho intramolecular Hbond substituents is 1. The second kappa shape index (κ2) is 9.71. The fraction of sp³-hybridized carbons (Fsp3) is 0.185. The molecule has 0 atom stereocenters. The number of amidine groups is 1. The molecule has 3 aromatic carbocycles. The lowest BCUT2D eigenvalue weighted by Gasteiger charge is -2.21. The number of benzene rings is 3. The van der Waals surface area contributed by atoms with E-state index in [-0.39, 0.29) is 11.7 Å². The van der Waals surface area contributed by atoms with E-state index in [1.165, 1.54) is 11.8 Å². The molecule has 1 saturated heterocycles. The zero-order valence-electron chi connectivity index (χ0n) is 19.8. The summed E-state index contributed by atoms with van der Waals surface area (Å²) in [5.41, 5.74) is 3.68. The smallest absolute Gasteiger partial charge is 0.274 e. The summed E-state index contributed by atoms with van der Waals surface area (Å²) >= 11 is 2.98. The van der Waals surface area contributed by atoms with Crippen molar-refractivity contribution in [2.75, 3.05) is 34.8 Å². The van der Waals surface area contributed by atoms with Crippen LogP contribution in [0.25, 0.3) is 0 Å². The quantitative estimate of drug-likeness (QED) is 0.407. The van der Waals surface area contributed by atoms with Gasteiger partial charge in [0.25, 0.3) is 5.91 Å². The molecule has 0 bridgehead atoms. The Bertz CT molecular complexity index is 1320. The number of para-hydroxylation sites is 1. The molecule has 178 valence electrons. The predicted molar refractivity (Wildman–Crippen MR) is 148 cm³/mol. The molecule has 1 amide bonds. The number of carbonyl (C=O) groups is 1. The summed E-state index contributed by atoms with van der Waals surface area (Å²) in [5, 5.41) is 11.3. The van der Waals surface area contributed by atoms with Crippen molar-refractivity contribution in [2.45, 2.75) is 18.7 Å². The van der Waals surface area contributed by atoms with Crippen LogP contribution in [0.4, 0.5) is 22.7 Å². The molecule has 2 aliphatic heterocycles. The van der Waals surface area contributed by atoms with Crippen molar-refractivity contribution in [1.82, 2.24) is 0 Å². The Hall–Kier alpha value is -3.36. The number of thioether (sulfide) groups is 2. The minimum Gasteiger partial charge on any atom is -0.508 e. The summed E-state index contributed by atoms with van der Waals surface area (Å²) in [6.45, 7) is 6.15. The summed E-state index contributed by atoms with van der Waals surface area (Å²) in [6, 6.07) is 22.9. The molecule has 1 fully saturated rings. The summed E-state index contributed by atoms with van der Waals surface area (Å²) in [6.07, 6.45) is 0. The fourth-order valence-corrected chi connectivity index (χ4v) is 6.49. The van der Waals surface area contributed by atoms with E-state index in [1.807, 2.05) is 31.3 Å². The van der Waals surface area contributed by atoms with E-state index in [1.54, 1.807) is 40.9 Å². The van der Waals surface area contributed by atoms with Crippen LogP contribution >= 0.6 is 23.5 Å². The van der Waals surface area contributed by atoms with Crippen molar-refractivity contribution in [3.63, 3.8) is 0 Å². The maximum atomic E-state index is 13.8. The van der Waals surface area contributed by atoms with E-state index in [2.05, 4.69) is 47.9 Å². The number of hydrogen-bond donors (Lipinski definition) is 1. The van der Waals surface area contributed by atoms with Gasteiger partial charge in [0.15, 0.2) is 5.17 Å². The number of anilines is 3. The van der Waals surface area contributed by atoms with Gasteiger partial charge in [-0.25, -0.2) is 4.99 Å². The van der Waals surface area contributed by atoms with E-state index >= 15 is 0 Å². The van der Waals surface area contributed by atoms with Gasteiger partial charge in [0.05, 0.1) is 22.1 Å². The Kier molecular flexibility index (Phi) is 6.49. The second-order valence-electron chi connectivity index (χ2n) is 8.11. The zero-order valence-corrected chi connectivity index (χ0v) is 21.4. The van der Waals surface area contributed by atoms with Gasteiger partial charge in [0.1, 0.15) is 10.7 Å². The fourth-order valence-electron chi connectivity index (χ4n) is 4.14. The molecular formula is C27H26N4O2S2. The zero-order chi connectivity index (χ0) is 24.5. The number of fused-ring (bicyclic) bond motifs is 1. The lowest BCUT2D eigenvalue weighted by molar-refractivity contribution is -0.113. The Morgan fingerprint density at radius 1 is 0.914 bits per heavy atom. The van der Waals surface area contributed by atoms with E-state index in [4.69, 9.17) is 4.99 Å². The summed E-state index contributed by atoms with van der Waals surface area (Å²) in [7, 11) is 1.99. The third-order valence-corrected chi connectivity index (χ3v) is 8.42. The molecular weight excluding hydrogens is 476 g/mol. The highest BCUT2D eigenvalue weighted by molar-refractivity contribution is 8.20. The number of carbonyl (C=O) groups excluding carboxylic acids is 1. The number of amides is 1. The van der Waals surface area contributed by atoms with Crippen LogP contribution in [0.15, 0.2) is 92.6 Å². The number of phenols is 1. The first-order valence-corrected chi connectivity index (χ1v) is 13.1. The Morgan fingerprint density at radius 3 is 2.26 bits per heavy atom. The molecule has 0 unspecified atom stereocenters. The van der Waals surface area contributed by atoms with Crippen molar-refractivity contribution in [1.29, 1.82) is 0 Å². The van der Waals surface area contributed by atoms with Crippen LogP contribution in [0.5, 0.6) is 5.75 Å². The van der Waals surface area contributed by atoms with Crippen molar-refractivity contribution in [2.24, 2.45) is 4.99 Å². The van der Waals surface area contributed by atoms with Gasteiger partial charge in [0.2, 0.25) is 0 Å². The van der Waals surface area contributed by atoms with Crippen LogP contribution in [-0.4, -0.2) is 36.3 Å². The minimum absolute atomic E-state index is 0.124. The van der Waals surface area contributed by atoms with E-state index in [0.29, 0.717) is 15.8 Å². The predicted octanol–water partition coefficient (Wildman–Crippen LogP) is 6.42. The van der Waals surface area contributed by atoms with Gasteiger partial charge < -0.3 is 14.9 Å². The Morgan fingerprint density at radius 2 is 1.60 bits per heavy atom. The normalized spacial score (nSPS) is 18.5. The van der Waals surface area contributed by atoms with Crippen LogP contribution < -0.4 is 14.7 Å². The lowest BCUT2D eigenvalue weighted by atomic mass is 10.2. The number of hydrogen-bond acceptors (Lipinski definition) is 7. The minimum atomic E-state index is -0.124. The largest absolute Gasteiger partial charge is 0.508 e. The van der Waals surface area contributed by atoms with Gasteiger partial charge >= 0.3 is 0 Å². The monoisotopic (exact) mass is 502 g/mol. The lowest BCUT2D eigenvalue weighted by Crippen LogP contribution is -2.29. The van der Waals surface area contributed by atoms with E-state index in [9.17, 15) is 9.90 Å². The van der Waals surface area contributed by atoms with Crippen molar-refractivity contribution in [3.8, 4) is 5.75 Å². The Balaban J connectivity index is 1.55. The maximum Gasteiger partial charge on any atom is 0.274 e. The molecule has 2 heterocycles. The highest BCUT2D eigenvalue weighted by Crippen LogP contribution is 2.50. The number of aromatic hydroxyl groups is 1. The number of nitrogens with zero attached hydrogens (tertiary/aromatic N) is 4. The van der Waals surface area contributed by atoms with Gasteiger partial charge in [-0.05, 0) is 86.3 Å². The third-order valence-electron chi connectivity index (χ3n) is 6.03. The van der Waals surface area contributed by atoms with Crippen molar-refractivity contribution < 1.29 is 9.90 Å². The first kappa shape index (κ1) is 23.4. The van der Waals surface area contributed by atoms with Crippen molar-refractivity contribution >= 4 is 57.3 Å². The molecule has 5 rings (SSSR count). The van der Waals surface area contributed by atoms with Crippen LogP contribution in [0.3, 0.4) is 0 Å². The standard InChI is InChI=1S/C27H26N4O2S2/c1-4-30(5-2)19-12-10-18(11-13-19)28-27-31(20-14-16-21(32)17-15-20)25(33)24(35-27)26-29(3)22-8-6-7-9-23(22)34-26/h6-17,32H,4-5H2,1-3H3/b26-24-,28-27?. The maximum absolute atomic E-state index is 13.8. The van der Waals surface area contributed by atoms with Gasteiger partial charge in [-0.3, -0.25) is 9.69 Å². The van der Waals surface area contributed by atoms with Gasteiger partial charge in [-0.15, -0.1) is 0 Å². The molecule has 3 aromatic rings. The van der Waals surface area contributed by atoms with Crippen molar-refractivity contribution in [3.05, 3.63) is 82.7 Å². The molecule has 2 aliphatic rings.